The van der Waals surface area contributed by atoms with Crippen molar-refractivity contribution in [1.82, 2.24) is 4.72 Å². The number of aliphatic hydroxyl groups excluding tert-OH is 1. The number of nitrogens with one attached hydrogen (secondary N) is 1. The Hall–Kier alpha value is -0.980. The number of rotatable bonds is 7. The Morgan fingerprint density at radius 2 is 1.95 bits per heavy atom. The maximum atomic E-state index is 13.2. The van der Waals surface area contributed by atoms with Crippen molar-refractivity contribution >= 4 is 10.0 Å². The van der Waals surface area contributed by atoms with E-state index in [0.29, 0.717) is 18.4 Å². The Labute approximate surface area is 120 Å². The molecule has 0 aliphatic carbocycles. The first-order valence-corrected chi connectivity index (χ1v) is 8.02. The van der Waals surface area contributed by atoms with E-state index < -0.39 is 15.8 Å². The molecular formula is C14H22FNO3S. The fourth-order valence-corrected chi connectivity index (χ4v) is 2.98. The predicted molar refractivity (Wildman–Crippen MR) is 76.4 cm³/mol. The van der Waals surface area contributed by atoms with E-state index in [-0.39, 0.29) is 23.5 Å². The smallest absolute Gasteiger partial charge is 0.240 e. The molecule has 0 amide bonds. The van der Waals surface area contributed by atoms with E-state index in [9.17, 15) is 12.8 Å². The molecule has 0 aromatic heterocycles. The second-order valence-electron chi connectivity index (χ2n) is 5.79. The van der Waals surface area contributed by atoms with Crippen LogP contribution in [0.1, 0.15) is 32.3 Å². The van der Waals surface area contributed by atoms with E-state index in [1.54, 1.807) is 6.92 Å². The Balaban J connectivity index is 2.62. The molecule has 0 aliphatic rings. The first-order chi connectivity index (χ1) is 9.16. The van der Waals surface area contributed by atoms with Crippen molar-refractivity contribution in [3.8, 4) is 0 Å². The highest BCUT2D eigenvalue weighted by molar-refractivity contribution is 7.89. The number of aryl methyl sites for hydroxylation is 1. The Morgan fingerprint density at radius 3 is 2.50 bits per heavy atom. The zero-order chi connectivity index (χ0) is 15.4. The van der Waals surface area contributed by atoms with Gasteiger partial charge in [-0.2, -0.15) is 0 Å². The monoisotopic (exact) mass is 303 g/mol. The van der Waals surface area contributed by atoms with Crippen molar-refractivity contribution < 1.29 is 17.9 Å². The summed E-state index contributed by atoms with van der Waals surface area (Å²) in [5.74, 6) is -0.563. The first kappa shape index (κ1) is 17.1. The molecule has 0 radical (unpaired) electrons. The average molecular weight is 303 g/mol. The van der Waals surface area contributed by atoms with E-state index in [1.807, 2.05) is 13.8 Å². The zero-order valence-corrected chi connectivity index (χ0v) is 12.9. The van der Waals surface area contributed by atoms with Crippen molar-refractivity contribution in [2.45, 2.75) is 38.5 Å². The fraction of sp³-hybridized carbons (Fsp3) is 0.571. The third kappa shape index (κ3) is 5.19. The van der Waals surface area contributed by atoms with Crippen LogP contribution >= 0.6 is 0 Å². The van der Waals surface area contributed by atoms with Gasteiger partial charge in [0.1, 0.15) is 5.82 Å². The second kappa shape index (κ2) is 6.65. The highest BCUT2D eigenvalue weighted by atomic mass is 32.2. The van der Waals surface area contributed by atoms with Gasteiger partial charge < -0.3 is 5.11 Å². The molecule has 0 unspecified atom stereocenters. The van der Waals surface area contributed by atoms with Gasteiger partial charge in [0.25, 0.3) is 0 Å². The Bertz CT molecular complexity index is 535. The maximum Gasteiger partial charge on any atom is 0.240 e. The van der Waals surface area contributed by atoms with Gasteiger partial charge in [-0.15, -0.1) is 0 Å². The third-order valence-corrected chi connectivity index (χ3v) is 4.52. The van der Waals surface area contributed by atoms with E-state index >= 15 is 0 Å². The van der Waals surface area contributed by atoms with Gasteiger partial charge in [0.2, 0.25) is 10.0 Å². The summed E-state index contributed by atoms with van der Waals surface area (Å²) in [6.07, 6.45) is 1.31. The summed E-state index contributed by atoms with van der Waals surface area (Å²) in [6, 6.07) is 3.72. The fourth-order valence-electron chi connectivity index (χ4n) is 1.79. The minimum atomic E-state index is -3.68. The lowest BCUT2D eigenvalue weighted by molar-refractivity contribution is 0.148. The third-order valence-electron chi connectivity index (χ3n) is 3.08. The van der Waals surface area contributed by atoms with E-state index in [4.69, 9.17) is 5.11 Å². The first-order valence-electron chi connectivity index (χ1n) is 6.54. The number of hydrogen-bond acceptors (Lipinski definition) is 3. The average Bonchev–Trinajstić information content (AvgIpc) is 2.34. The number of aliphatic hydroxyl groups is 1. The Kier molecular flexibility index (Phi) is 5.68. The van der Waals surface area contributed by atoms with Gasteiger partial charge in [-0.1, -0.05) is 13.8 Å². The molecule has 1 rings (SSSR count). The molecular weight excluding hydrogens is 281 g/mol. The van der Waals surface area contributed by atoms with E-state index in [1.165, 1.54) is 12.1 Å². The van der Waals surface area contributed by atoms with E-state index in [0.717, 1.165) is 6.07 Å². The van der Waals surface area contributed by atoms with E-state index in [2.05, 4.69) is 4.72 Å². The van der Waals surface area contributed by atoms with Gasteiger partial charge >= 0.3 is 0 Å². The highest BCUT2D eigenvalue weighted by Gasteiger charge is 2.18. The van der Waals surface area contributed by atoms with Crippen molar-refractivity contribution in [2.24, 2.45) is 5.41 Å². The van der Waals surface area contributed by atoms with Crippen LogP contribution in [0.25, 0.3) is 0 Å². The summed E-state index contributed by atoms with van der Waals surface area (Å²) in [5, 5.41) is 9.11. The highest BCUT2D eigenvalue weighted by Crippen LogP contribution is 2.20. The lowest BCUT2D eigenvalue weighted by Crippen LogP contribution is -2.26. The molecule has 1 aromatic carbocycles. The topological polar surface area (TPSA) is 66.4 Å². The molecule has 0 spiro atoms. The van der Waals surface area contributed by atoms with Crippen LogP contribution in [0, 0.1) is 18.2 Å². The molecule has 114 valence electrons. The Morgan fingerprint density at radius 1 is 1.30 bits per heavy atom. The number of hydrogen-bond donors (Lipinski definition) is 2. The molecule has 0 heterocycles. The molecule has 0 saturated heterocycles. The minimum absolute atomic E-state index is 0.0584. The molecule has 0 atom stereocenters. The second-order valence-corrected chi connectivity index (χ2v) is 7.55. The van der Waals surface area contributed by atoms with Gasteiger partial charge in [0, 0.05) is 13.2 Å². The van der Waals surface area contributed by atoms with Crippen LogP contribution in [-0.4, -0.2) is 26.7 Å². The molecule has 0 saturated carbocycles. The van der Waals surface area contributed by atoms with Crippen LogP contribution < -0.4 is 4.72 Å². The molecule has 2 N–H and O–H groups in total. The molecule has 0 fully saturated rings. The molecule has 1 aromatic rings. The largest absolute Gasteiger partial charge is 0.396 e. The summed E-state index contributed by atoms with van der Waals surface area (Å²) in [6.45, 7) is 5.80. The van der Waals surface area contributed by atoms with Crippen LogP contribution in [0.4, 0.5) is 4.39 Å². The van der Waals surface area contributed by atoms with Crippen molar-refractivity contribution in [1.29, 1.82) is 0 Å². The predicted octanol–water partition coefficient (Wildman–Crippen LogP) is 2.21. The quantitative estimate of drug-likeness (QED) is 0.759. The van der Waals surface area contributed by atoms with Gasteiger partial charge in [-0.05, 0) is 48.9 Å². The molecule has 6 heteroatoms. The molecule has 20 heavy (non-hydrogen) atoms. The van der Waals surface area contributed by atoms with Crippen LogP contribution in [0.5, 0.6) is 0 Å². The SMILES string of the molecule is Cc1cc(F)cc(S(=O)(=O)NCCCC(C)(C)CO)c1. The van der Waals surface area contributed by atoms with Crippen molar-refractivity contribution in [3.63, 3.8) is 0 Å². The van der Waals surface area contributed by atoms with Gasteiger partial charge in [0.05, 0.1) is 4.90 Å². The van der Waals surface area contributed by atoms with Gasteiger partial charge in [0.15, 0.2) is 0 Å². The van der Waals surface area contributed by atoms with Crippen LogP contribution in [-0.2, 0) is 10.0 Å². The molecule has 0 bridgehead atoms. The van der Waals surface area contributed by atoms with Crippen LogP contribution in [0.3, 0.4) is 0 Å². The number of sulfonamides is 1. The summed E-state index contributed by atoms with van der Waals surface area (Å²) in [7, 11) is -3.68. The lowest BCUT2D eigenvalue weighted by Gasteiger charge is -2.21. The summed E-state index contributed by atoms with van der Waals surface area (Å²) in [5.41, 5.74) is 0.340. The summed E-state index contributed by atoms with van der Waals surface area (Å²) in [4.78, 5) is -0.0589. The zero-order valence-electron chi connectivity index (χ0n) is 12.1. The minimum Gasteiger partial charge on any atom is -0.396 e. The number of halogens is 1. The number of benzene rings is 1. The van der Waals surface area contributed by atoms with Crippen molar-refractivity contribution in [2.75, 3.05) is 13.2 Å². The van der Waals surface area contributed by atoms with Crippen LogP contribution in [0.15, 0.2) is 23.1 Å². The molecule has 4 nitrogen and oxygen atoms in total. The summed E-state index contributed by atoms with van der Waals surface area (Å²) < 4.78 is 39.7. The summed E-state index contributed by atoms with van der Waals surface area (Å²) >= 11 is 0. The lowest BCUT2D eigenvalue weighted by atomic mass is 9.89. The maximum absolute atomic E-state index is 13.2. The standard InChI is InChI=1S/C14H22FNO3S/c1-11-7-12(15)9-13(8-11)20(18,19)16-6-4-5-14(2,3)10-17/h7-9,16-17H,4-6,10H2,1-3H3. The van der Waals surface area contributed by atoms with Crippen LogP contribution in [0.2, 0.25) is 0 Å². The van der Waals surface area contributed by atoms with Gasteiger partial charge in [-0.25, -0.2) is 17.5 Å². The normalized spacial score (nSPS) is 12.7. The van der Waals surface area contributed by atoms with Gasteiger partial charge in [-0.3, -0.25) is 0 Å². The molecule has 0 aliphatic heterocycles. The van der Waals surface area contributed by atoms with Crippen molar-refractivity contribution in [3.05, 3.63) is 29.6 Å².